The number of hydrogen-bond donors (Lipinski definition) is 0. The predicted molar refractivity (Wildman–Crippen MR) is 103 cm³/mol. The van der Waals surface area contributed by atoms with Gasteiger partial charge in [0.2, 0.25) is 0 Å². The molecule has 1 rings (SSSR count). The van der Waals surface area contributed by atoms with Crippen LogP contribution in [0.15, 0.2) is 35.9 Å². The van der Waals surface area contributed by atoms with Gasteiger partial charge >= 0.3 is 0 Å². The number of halogens is 1. The van der Waals surface area contributed by atoms with E-state index in [1.165, 1.54) is 56.9 Å². The van der Waals surface area contributed by atoms with Gasteiger partial charge in [0.1, 0.15) is 0 Å². The molecule has 0 saturated heterocycles. The van der Waals surface area contributed by atoms with E-state index in [2.05, 4.69) is 27.0 Å². The van der Waals surface area contributed by atoms with Gasteiger partial charge in [-0.2, -0.15) is 0 Å². The molecule has 1 saturated carbocycles. The SMILES string of the molecule is C=C(Cl)/C=C\C(=C)C1CCC(CCCC(C)CC)CC1.CC. The van der Waals surface area contributed by atoms with Crippen LogP contribution in [0.3, 0.4) is 0 Å². The van der Waals surface area contributed by atoms with Gasteiger partial charge in [0, 0.05) is 5.03 Å². The molecule has 22 heavy (non-hydrogen) atoms. The number of rotatable bonds is 8. The standard InChI is InChI=1S/C19H31Cl.C2H6/c1-5-15(2)7-6-8-18-11-13-19(14-12-18)16(3)9-10-17(4)20;1-2/h9-10,15,18-19H,3-8,11-14H2,1-2H3;1-2H3/b10-9-;. The first-order valence-electron chi connectivity index (χ1n) is 9.24. The first-order chi connectivity index (χ1) is 10.5. The van der Waals surface area contributed by atoms with Crippen LogP contribution in [0.4, 0.5) is 0 Å². The predicted octanol–water partition coefficient (Wildman–Crippen LogP) is 7.90. The lowest BCUT2D eigenvalue weighted by Gasteiger charge is -2.29. The smallest absolute Gasteiger partial charge is 0.0334 e. The molecule has 0 aliphatic heterocycles. The molecule has 128 valence electrons. The minimum absolute atomic E-state index is 0.588. The highest BCUT2D eigenvalue weighted by Gasteiger charge is 2.21. The molecule has 0 amide bonds. The van der Waals surface area contributed by atoms with E-state index in [9.17, 15) is 0 Å². The Hall–Kier alpha value is -0.490. The molecule has 1 atom stereocenters. The van der Waals surface area contributed by atoms with Crippen LogP contribution in [0.1, 0.15) is 79.1 Å². The molecule has 0 spiro atoms. The highest BCUT2D eigenvalue weighted by molar-refractivity contribution is 6.30. The Morgan fingerprint density at radius 2 is 1.73 bits per heavy atom. The van der Waals surface area contributed by atoms with Crippen molar-refractivity contribution < 1.29 is 0 Å². The Balaban J connectivity index is 0.00000211. The highest BCUT2D eigenvalue weighted by atomic mass is 35.5. The first kappa shape index (κ1) is 21.5. The van der Waals surface area contributed by atoms with E-state index in [0.717, 1.165) is 11.8 Å². The van der Waals surface area contributed by atoms with E-state index in [1.54, 1.807) is 0 Å². The zero-order chi connectivity index (χ0) is 17.0. The summed E-state index contributed by atoms with van der Waals surface area (Å²) in [7, 11) is 0. The molecule has 1 aliphatic rings. The summed E-state index contributed by atoms with van der Waals surface area (Å²) in [5.74, 6) is 2.52. The van der Waals surface area contributed by atoms with Gasteiger partial charge in [0.15, 0.2) is 0 Å². The van der Waals surface area contributed by atoms with Crippen molar-refractivity contribution >= 4 is 11.6 Å². The average Bonchev–Trinajstić information content (AvgIpc) is 2.54. The summed E-state index contributed by atoms with van der Waals surface area (Å²) < 4.78 is 0. The molecule has 0 radical (unpaired) electrons. The third kappa shape index (κ3) is 9.51. The van der Waals surface area contributed by atoms with Crippen molar-refractivity contribution in [1.29, 1.82) is 0 Å². The maximum absolute atomic E-state index is 5.76. The lowest BCUT2D eigenvalue weighted by molar-refractivity contribution is 0.279. The quantitative estimate of drug-likeness (QED) is 0.398. The minimum atomic E-state index is 0.588. The van der Waals surface area contributed by atoms with Gasteiger partial charge in [-0.05, 0) is 49.5 Å². The third-order valence-electron chi connectivity index (χ3n) is 4.86. The maximum atomic E-state index is 5.76. The van der Waals surface area contributed by atoms with Gasteiger partial charge in [0.05, 0.1) is 0 Å². The van der Waals surface area contributed by atoms with Crippen molar-refractivity contribution in [1.82, 2.24) is 0 Å². The molecule has 0 aromatic rings. The zero-order valence-electron chi connectivity index (χ0n) is 15.3. The van der Waals surface area contributed by atoms with Crippen molar-refractivity contribution in [3.63, 3.8) is 0 Å². The molecule has 1 aliphatic carbocycles. The van der Waals surface area contributed by atoms with Crippen molar-refractivity contribution in [2.24, 2.45) is 17.8 Å². The van der Waals surface area contributed by atoms with E-state index in [-0.39, 0.29) is 0 Å². The Labute approximate surface area is 144 Å². The summed E-state index contributed by atoms with van der Waals surface area (Å²) in [6.07, 6.45) is 14.8. The summed E-state index contributed by atoms with van der Waals surface area (Å²) >= 11 is 5.76. The Morgan fingerprint density at radius 1 is 1.14 bits per heavy atom. The third-order valence-corrected chi connectivity index (χ3v) is 4.98. The van der Waals surface area contributed by atoms with E-state index in [0.29, 0.717) is 11.0 Å². The summed E-state index contributed by atoms with van der Waals surface area (Å²) in [4.78, 5) is 0. The van der Waals surface area contributed by atoms with Gasteiger partial charge in [0.25, 0.3) is 0 Å². The van der Waals surface area contributed by atoms with Crippen LogP contribution in [-0.2, 0) is 0 Å². The fraction of sp³-hybridized carbons (Fsp3) is 0.714. The normalized spacial score (nSPS) is 22.8. The molecule has 1 unspecified atom stereocenters. The van der Waals surface area contributed by atoms with Crippen LogP contribution in [0.5, 0.6) is 0 Å². The van der Waals surface area contributed by atoms with Crippen molar-refractivity contribution in [2.45, 2.75) is 79.1 Å². The zero-order valence-corrected chi connectivity index (χ0v) is 16.1. The van der Waals surface area contributed by atoms with Gasteiger partial charge in [-0.3, -0.25) is 0 Å². The Kier molecular flexibility index (Phi) is 12.7. The molecule has 1 fully saturated rings. The van der Waals surface area contributed by atoms with E-state index < -0.39 is 0 Å². The number of allylic oxidation sites excluding steroid dienone is 4. The van der Waals surface area contributed by atoms with Gasteiger partial charge in [-0.1, -0.05) is 89.8 Å². The fourth-order valence-corrected chi connectivity index (χ4v) is 3.18. The van der Waals surface area contributed by atoms with Gasteiger partial charge < -0.3 is 0 Å². The molecular formula is C21H37Cl. The van der Waals surface area contributed by atoms with E-state index in [4.69, 9.17) is 11.6 Å². The fourth-order valence-electron chi connectivity index (χ4n) is 3.11. The van der Waals surface area contributed by atoms with Crippen LogP contribution in [-0.4, -0.2) is 0 Å². The first-order valence-corrected chi connectivity index (χ1v) is 9.62. The monoisotopic (exact) mass is 324 g/mol. The summed E-state index contributed by atoms with van der Waals surface area (Å²) in [6.45, 7) is 16.5. The molecule has 0 N–H and O–H groups in total. The maximum Gasteiger partial charge on any atom is 0.0334 e. The topological polar surface area (TPSA) is 0 Å². The van der Waals surface area contributed by atoms with Crippen LogP contribution < -0.4 is 0 Å². The van der Waals surface area contributed by atoms with Crippen LogP contribution >= 0.6 is 11.6 Å². The van der Waals surface area contributed by atoms with Crippen molar-refractivity contribution in [2.75, 3.05) is 0 Å². The van der Waals surface area contributed by atoms with Gasteiger partial charge in [-0.25, -0.2) is 0 Å². The summed E-state index contributed by atoms with van der Waals surface area (Å²) in [5, 5.41) is 0.588. The molecule has 1 heteroatoms. The second-order valence-corrected chi connectivity index (χ2v) is 7.00. The van der Waals surface area contributed by atoms with Crippen molar-refractivity contribution in [3.8, 4) is 0 Å². The average molecular weight is 325 g/mol. The Morgan fingerprint density at radius 3 is 2.23 bits per heavy atom. The second kappa shape index (κ2) is 13.0. The summed E-state index contributed by atoms with van der Waals surface area (Å²) in [5.41, 5.74) is 1.23. The summed E-state index contributed by atoms with van der Waals surface area (Å²) in [6, 6.07) is 0. The molecule has 0 aromatic heterocycles. The number of hydrogen-bond acceptors (Lipinski definition) is 0. The Bertz CT molecular complexity index is 332. The van der Waals surface area contributed by atoms with Crippen LogP contribution in [0.2, 0.25) is 0 Å². The second-order valence-electron chi connectivity index (χ2n) is 6.52. The largest absolute Gasteiger partial charge is 0.0955 e. The van der Waals surface area contributed by atoms with E-state index in [1.807, 2.05) is 26.0 Å². The molecule has 0 heterocycles. The van der Waals surface area contributed by atoms with E-state index >= 15 is 0 Å². The molecule has 0 aromatic carbocycles. The molecule has 0 nitrogen and oxygen atoms in total. The highest BCUT2D eigenvalue weighted by Crippen LogP contribution is 2.35. The lowest BCUT2D eigenvalue weighted by atomic mass is 9.77. The van der Waals surface area contributed by atoms with Crippen molar-refractivity contribution in [3.05, 3.63) is 35.9 Å². The molecule has 0 bridgehead atoms. The lowest BCUT2D eigenvalue weighted by Crippen LogP contribution is -2.15. The van der Waals surface area contributed by atoms with Crippen LogP contribution in [0.25, 0.3) is 0 Å². The van der Waals surface area contributed by atoms with Crippen LogP contribution in [0, 0.1) is 17.8 Å². The van der Waals surface area contributed by atoms with Gasteiger partial charge in [-0.15, -0.1) is 0 Å². The minimum Gasteiger partial charge on any atom is -0.0955 e. The molecular weight excluding hydrogens is 288 g/mol.